The highest BCUT2D eigenvalue weighted by Gasteiger charge is 2.36. The Kier molecular flexibility index (Phi) is 5.40. The highest BCUT2D eigenvalue weighted by atomic mass is 35.5. The van der Waals surface area contributed by atoms with Crippen molar-refractivity contribution in [2.75, 3.05) is 17.7 Å². The van der Waals surface area contributed by atoms with Gasteiger partial charge in [-0.15, -0.1) is 0 Å². The molecule has 1 aromatic heterocycles. The molecule has 0 fully saturated rings. The molecule has 30 heavy (non-hydrogen) atoms. The Labute approximate surface area is 182 Å². The number of anilines is 2. The van der Waals surface area contributed by atoms with E-state index in [1.807, 2.05) is 31.2 Å². The van der Waals surface area contributed by atoms with Crippen molar-refractivity contribution in [1.29, 1.82) is 0 Å². The van der Waals surface area contributed by atoms with Gasteiger partial charge in [0.25, 0.3) is 5.91 Å². The molecule has 4 rings (SSSR count). The number of fused-ring (bicyclic) bond motifs is 1. The van der Waals surface area contributed by atoms with E-state index in [1.54, 1.807) is 30.0 Å². The highest BCUT2D eigenvalue weighted by molar-refractivity contribution is 6.42. The van der Waals surface area contributed by atoms with E-state index in [-0.39, 0.29) is 18.2 Å². The van der Waals surface area contributed by atoms with Crippen molar-refractivity contribution in [1.82, 2.24) is 9.78 Å². The lowest BCUT2D eigenvalue weighted by atomic mass is 10.1. The third-order valence-electron chi connectivity index (χ3n) is 4.89. The zero-order valence-corrected chi connectivity index (χ0v) is 17.7. The van der Waals surface area contributed by atoms with Crippen LogP contribution in [-0.4, -0.2) is 28.7 Å². The van der Waals surface area contributed by atoms with Gasteiger partial charge in [0.1, 0.15) is 17.6 Å². The number of hydrogen-bond donors (Lipinski definition) is 2. The number of carbonyl (C=O) groups excluding carboxylic acids is 2. The number of ether oxygens (including phenoxy) is 1. The molecule has 7 nitrogen and oxygen atoms in total. The van der Waals surface area contributed by atoms with Crippen LogP contribution in [0.5, 0.6) is 5.75 Å². The van der Waals surface area contributed by atoms with Gasteiger partial charge in [-0.2, -0.15) is 5.10 Å². The lowest BCUT2D eigenvalue weighted by Crippen LogP contribution is -2.23. The summed E-state index contributed by atoms with van der Waals surface area (Å²) in [5, 5.41) is 10.8. The van der Waals surface area contributed by atoms with Gasteiger partial charge in [0.05, 0.1) is 29.3 Å². The van der Waals surface area contributed by atoms with Crippen molar-refractivity contribution in [3.63, 3.8) is 0 Å². The summed E-state index contributed by atoms with van der Waals surface area (Å²) in [6, 6.07) is 11.6. The van der Waals surface area contributed by atoms with Crippen LogP contribution < -0.4 is 15.4 Å². The Morgan fingerprint density at radius 1 is 1.20 bits per heavy atom. The molecular formula is C21H18Cl2N4O3. The van der Waals surface area contributed by atoms with E-state index in [0.717, 1.165) is 22.6 Å². The summed E-state index contributed by atoms with van der Waals surface area (Å²) < 4.78 is 6.77. The average molecular weight is 445 g/mol. The van der Waals surface area contributed by atoms with Crippen LogP contribution in [0.3, 0.4) is 0 Å². The van der Waals surface area contributed by atoms with Crippen LogP contribution in [0.4, 0.5) is 11.5 Å². The maximum absolute atomic E-state index is 12.6. The SMILES string of the molecule is COc1ccc(-c2c(C)nn3c2NC(=O)C3CC(=O)Nc2ccc(Cl)c(Cl)c2)cc1. The van der Waals surface area contributed by atoms with Crippen molar-refractivity contribution < 1.29 is 14.3 Å². The minimum absolute atomic E-state index is 0.0672. The summed E-state index contributed by atoms with van der Waals surface area (Å²) in [4.78, 5) is 25.1. The fourth-order valence-electron chi connectivity index (χ4n) is 3.45. The van der Waals surface area contributed by atoms with Crippen molar-refractivity contribution in [2.45, 2.75) is 19.4 Å². The van der Waals surface area contributed by atoms with E-state index in [1.165, 1.54) is 0 Å². The van der Waals surface area contributed by atoms with Crippen LogP contribution in [0, 0.1) is 6.92 Å². The maximum Gasteiger partial charge on any atom is 0.251 e. The van der Waals surface area contributed by atoms with Crippen molar-refractivity contribution >= 4 is 46.5 Å². The maximum atomic E-state index is 12.6. The molecule has 1 unspecified atom stereocenters. The molecule has 0 bridgehead atoms. The monoisotopic (exact) mass is 444 g/mol. The van der Waals surface area contributed by atoms with Crippen molar-refractivity contribution in [2.24, 2.45) is 0 Å². The predicted octanol–water partition coefficient (Wildman–Crippen LogP) is 4.70. The number of methoxy groups -OCH3 is 1. The van der Waals surface area contributed by atoms with Crippen LogP contribution in [0.1, 0.15) is 18.2 Å². The van der Waals surface area contributed by atoms with Crippen LogP contribution in [0.2, 0.25) is 10.0 Å². The Hall–Kier alpha value is -3.03. The molecule has 1 aliphatic heterocycles. The first-order valence-electron chi connectivity index (χ1n) is 9.16. The Morgan fingerprint density at radius 3 is 2.60 bits per heavy atom. The number of aryl methyl sites for hydroxylation is 1. The lowest BCUT2D eigenvalue weighted by molar-refractivity contribution is -0.123. The molecule has 3 aromatic rings. The van der Waals surface area contributed by atoms with Gasteiger partial charge >= 0.3 is 0 Å². The topological polar surface area (TPSA) is 85.2 Å². The Morgan fingerprint density at radius 2 is 1.93 bits per heavy atom. The van der Waals surface area contributed by atoms with Gasteiger partial charge in [-0.25, -0.2) is 4.68 Å². The number of nitrogens with zero attached hydrogens (tertiary/aromatic N) is 2. The molecule has 1 aliphatic rings. The molecular weight excluding hydrogens is 427 g/mol. The number of amides is 2. The summed E-state index contributed by atoms with van der Waals surface area (Å²) in [6.07, 6.45) is -0.0672. The van der Waals surface area contributed by atoms with Gasteiger partial charge in [-0.3, -0.25) is 9.59 Å². The van der Waals surface area contributed by atoms with Gasteiger partial charge in [0.15, 0.2) is 0 Å². The van der Waals surface area contributed by atoms with E-state index in [4.69, 9.17) is 27.9 Å². The molecule has 2 heterocycles. The molecule has 0 radical (unpaired) electrons. The summed E-state index contributed by atoms with van der Waals surface area (Å²) in [7, 11) is 1.60. The zero-order valence-electron chi connectivity index (χ0n) is 16.2. The molecule has 0 spiro atoms. The largest absolute Gasteiger partial charge is 0.497 e. The third-order valence-corrected chi connectivity index (χ3v) is 5.62. The normalized spacial score (nSPS) is 14.9. The first-order chi connectivity index (χ1) is 14.4. The van der Waals surface area contributed by atoms with Gasteiger partial charge in [0, 0.05) is 11.3 Å². The molecule has 0 saturated carbocycles. The van der Waals surface area contributed by atoms with Crippen LogP contribution in [0.25, 0.3) is 11.1 Å². The standard InChI is InChI=1S/C21H18Cl2N4O3/c1-11-19(12-3-6-14(30-2)7-4-12)20-25-21(29)17(27(20)26-11)10-18(28)24-13-5-8-15(22)16(23)9-13/h3-9,17H,10H2,1-2H3,(H,24,28)(H,25,29). The number of hydrogen-bond acceptors (Lipinski definition) is 4. The lowest BCUT2D eigenvalue weighted by Gasteiger charge is -2.10. The van der Waals surface area contributed by atoms with E-state index in [2.05, 4.69) is 15.7 Å². The number of aromatic nitrogens is 2. The first kappa shape index (κ1) is 20.3. The van der Waals surface area contributed by atoms with Gasteiger partial charge < -0.3 is 15.4 Å². The van der Waals surface area contributed by atoms with Crippen molar-refractivity contribution in [3.8, 4) is 16.9 Å². The molecule has 0 saturated heterocycles. The van der Waals surface area contributed by atoms with Crippen LogP contribution in [-0.2, 0) is 9.59 Å². The van der Waals surface area contributed by atoms with Crippen LogP contribution >= 0.6 is 23.2 Å². The quantitative estimate of drug-likeness (QED) is 0.597. The predicted molar refractivity (Wildman–Crippen MR) is 116 cm³/mol. The molecule has 2 N–H and O–H groups in total. The number of benzene rings is 2. The second-order valence-corrected chi connectivity index (χ2v) is 7.68. The van der Waals surface area contributed by atoms with Crippen LogP contribution in [0.15, 0.2) is 42.5 Å². The van der Waals surface area contributed by atoms with Crippen molar-refractivity contribution in [3.05, 3.63) is 58.2 Å². The zero-order chi connectivity index (χ0) is 21.4. The molecule has 2 amide bonds. The second kappa shape index (κ2) is 8.01. The number of nitrogens with one attached hydrogen (secondary N) is 2. The summed E-state index contributed by atoms with van der Waals surface area (Å²) in [5.74, 6) is 0.702. The summed E-state index contributed by atoms with van der Waals surface area (Å²) >= 11 is 11.9. The Balaban J connectivity index is 1.56. The van der Waals surface area contributed by atoms with E-state index < -0.39 is 6.04 Å². The summed E-state index contributed by atoms with van der Waals surface area (Å²) in [5.41, 5.74) is 2.97. The Bertz CT molecular complexity index is 1140. The average Bonchev–Trinajstić information content (AvgIpc) is 3.18. The highest BCUT2D eigenvalue weighted by Crippen LogP contribution is 2.38. The molecule has 0 aliphatic carbocycles. The molecule has 2 aromatic carbocycles. The molecule has 1 atom stereocenters. The van der Waals surface area contributed by atoms with Gasteiger partial charge in [0.2, 0.25) is 5.91 Å². The van der Waals surface area contributed by atoms with Gasteiger partial charge in [-0.05, 0) is 42.8 Å². The van der Waals surface area contributed by atoms with Gasteiger partial charge in [-0.1, -0.05) is 35.3 Å². The summed E-state index contributed by atoms with van der Waals surface area (Å²) in [6.45, 7) is 1.86. The fraction of sp³-hybridized carbons (Fsp3) is 0.190. The number of carbonyl (C=O) groups is 2. The van der Waals surface area contributed by atoms with E-state index in [0.29, 0.717) is 21.6 Å². The number of rotatable bonds is 5. The first-order valence-corrected chi connectivity index (χ1v) is 9.92. The number of halogens is 2. The molecule has 9 heteroatoms. The smallest absolute Gasteiger partial charge is 0.251 e. The minimum atomic E-state index is -0.742. The molecule has 154 valence electrons. The fourth-order valence-corrected chi connectivity index (χ4v) is 3.75. The third kappa shape index (κ3) is 3.74. The second-order valence-electron chi connectivity index (χ2n) is 6.87. The van der Waals surface area contributed by atoms with E-state index >= 15 is 0 Å². The van der Waals surface area contributed by atoms with E-state index in [9.17, 15) is 9.59 Å². The minimum Gasteiger partial charge on any atom is -0.497 e.